The van der Waals surface area contributed by atoms with Gasteiger partial charge in [0, 0.05) is 0 Å². The molecule has 0 aliphatic heterocycles. The molecule has 0 spiro atoms. The average molecular weight is 213 g/mol. The third-order valence-electron chi connectivity index (χ3n) is 3.69. The molecule has 84 valence electrons. The predicted octanol–water partition coefficient (Wildman–Crippen LogP) is 4.24. The summed E-state index contributed by atoms with van der Waals surface area (Å²) in [5.74, 6) is 0.650. The molecule has 0 amide bonds. The van der Waals surface area contributed by atoms with Crippen molar-refractivity contribution in [1.29, 1.82) is 5.26 Å². The lowest BCUT2D eigenvalue weighted by atomic mass is 9.70. The van der Waals surface area contributed by atoms with Gasteiger partial charge in [0.1, 0.15) is 0 Å². The van der Waals surface area contributed by atoms with E-state index in [0.29, 0.717) is 11.3 Å². The molecular formula is C15H19N. The minimum absolute atomic E-state index is 0.464. The Hall–Kier alpha value is -1.29. The van der Waals surface area contributed by atoms with Crippen LogP contribution in [-0.2, 0) is 0 Å². The fourth-order valence-corrected chi connectivity index (χ4v) is 2.84. The molecule has 16 heavy (non-hydrogen) atoms. The smallest absolute Gasteiger partial charge is 0.0991 e. The van der Waals surface area contributed by atoms with Gasteiger partial charge in [-0.25, -0.2) is 0 Å². The molecule has 1 heteroatoms. The number of rotatable bonds is 1. The van der Waals surface area contributed by atoms with Crippen molar-refractivity contribution >= 4 is 0 Å². The molecular weight excluding hydrogens is 194 g/mol. The van der Waals surface area contributed by atoms with Crippen LogP contribution < -0.4 is 0 Å². The van der Waals surface area contributed by atoms with Crippen LogP contribution in [0.2, 0.25) is 0 Å². The van der Waals surface area contributed by atoms with Gasteiger partial charge in [0.2, 0.25) is 0 Å². The Morgan fingerprint density at radius 2 is 2.19 bits per heavy atom. The molecule has 1 aromatic carbocycles. The van der Waals surface area contributed by atoms with Crippen molar-refractivity contribution in [2.24, 2.45) is 5.41 Å². The summed E-state index contributed by atoms with van der Waals surface area (Å²) < 4.78 is 0. The minimum atomic E-state index is 0.464. The van der Waals surface area contributed by atoms with E-state index in [9.17, 15) is 0 Å². The first-order chi connectivity index (χ1) is 7.61. The summed E-state index contributed by atoms with van der Waals surface area (Å²) in [6.07, 6.45) is 5.18. The molecule has 1 atom stereocenters. The van der Waals surface area contributed by atoms with E-state index in [4.69, 9.17) is 5.26 Å². The highest BCUT2D eigenvalue weighted by molar-refractivity contribution is 5.34. The third kappa shape index (κ3) is 2.44. The van der Waals surface area contributed by atoms with Crippen LogP contribution >= 0.6 is 0 Å². The SMILES string of the molecule is CC1(C)CCCC(c2cccc(C#N)c2)C1. The molecule has 1 nitrogen and oxygen atoms in total. The Morgan fingerprint density at radius 1 is 1.38 bits per heavy atom. The lowest BCUT2D eigenvalue weighted by molar-refractivity contribution is 0.219. The topological polar surface area (TPSA) is 23.8 Å². The number of hydrogen-bond acceptors (Lipinski definition) is 1. The van der Waals surface area contributed by atoms with Crippen LogP contribution in [0, 0.1) is 16.7 Å². The lowest BCUT2D eigenvalue weighted by Gasteiger charge is -2.35. The van der Waals surface area contributed by atoms with Crippen molar-refractivity contribution in [2.45, 2.75) is 45.4 Å². The van der Waals surface area contributed by atoms with Gasteiger partial charge in [-0.15, -0.1) is 0 Å². The quantitative estimate of drug-likeness (QED) is 0.684. The largest absolute Gasteiger partial charge is 0.192 e. The first-order valence-corrected chi connectivity index (χ1v) is 6.11. The van der Waals surface area contributed by atoms with Crippen molar-refractivity contribution in [3.63, 3.8) is 0 Å². The highest BCUT2D eigenvalue weighted by atomic mass is 14.3. The molecule has 0 N–H and O–H groups in total. The maximum atomic E-state index is 8.91. The van der Waals surface area contributed by atoms with E-state index in [0.717, 1.165) is 5.56 Å². The van der Waals surface area contributed by atoms with Crippen molar-refractivity contribution in [1.82, 2.24) is 0 Å². The van der Waals surface area contributed by atoms with Crippen molar-refractivity contribution < 1.29 is 0 Å². The van der Waals surface area contributed by atoms with Gasteiger partial charge < -0.3 is 0 Å². The molecule has 0 radical (unpaired) electrons. The molecule has 1 aliphatic carbocycles. The number of hydrogen-bond donors (Lipinski definition) is 0. The van der Waals surface area contributed by atoms with Gasteiger partial charge >= 0.3 is 0 Å². The summed E-state index contributed by atoms with van der Waals surface area (Å²) in [5.41, 5.74) is 2.61. The Labute approximate surface area is 98.1 Å². The summed E-state index contributed by atoms with van der Waals surface area (Å²) in [6.45, 7) is 4.71. The summed E-state index contributed by atoms with van der Waals surface area (Å²) >= 11 is 0. The molecule has 1 unspecified atom stereocenters. The van der Waals surface area contributed by atoms with Crippen LogP contribution in [0.25, 0.3) is 0 Å². The van der Waals surface area contributed by atoms with E-state index in [1.807, 2.05) is 12.1 Å². The third-order valence-corrected chi connectivity index (χ3v) is 3.69. The molecule has 2 rings (SSSR count). The normalized spacial score (nSPS) is 23.7. The van der Waals surface area contributed by atoms with Crippen molar-refractivity contribution in [3.8, 4) is 6.07 Å². The summed E-state index contributed by atoms with van der Waals surface area (Å²) in [5, 5.41) is 8.91. The molecule has 0 aromatic heterocycles. The fourth-order valence-electron chi connectivity index (χ4n) is 2.84. The zero-order valence-electron chi connectivity index (χ0n) is 10.2. The molecule has 0 bridgehead atoms. The van der Waals surface area contributed by atoms with Crippen LogP contribution in [0.15, 0.2) is 24.3 Å². The van der Waals surface area contributed by atoms with Crippen LogP contribution in [0.5, 0.6) is 0 Å². The van der Waals surface area contributed by atoms with Crippen LogP contribution in [-0.4, -0.2) is 0 Å². The molecule has 1 aliphatic rings. The average Bonchev–Trinajstić information content (AvgIpc) is 2.28. The van der Waals surface area contributed by atoms with E-state index >= 15 is 0 Å². The van der Waals surface area contributed by atoms with E-state index in [1.54, 1.807) is 0 Å². The van der Waals surface area contributed by atoms with Crippen molar-refractivity contribution in [2.75, 3.05) is 0 Å². The minimum Gasteiger partial charge on any atom is -0.192 e. The van der Waals surface area contributed by atoms with Gasteiger partial charge in [0.05, 0.1) is 11.6 Å². The molecule has 1 aromatic rings. The number of nitrogens with zero attached hydrogens (tertiary/aromatic N) is 1. The second-order valence-corrected chi connectivity index (χ2v) is 5.69. The van der Waals surface area contributed by atoms with E-state index in [2.05, 4.69) is 32.0 Å². The van der Waals surface area contributed by atoms with Gasteiger partial charge in [-0.05, 0) is 48.3 Å². The second kappa shape index (κ2) is 4.29. The molecule has 0 heterocycles. The van der Waals surface area contributed by atoms with E-state index < -0.39 is 0 Å². The lowest BCUT2D eigenvalue weighted by Crippen LogP contribution is -2.21. The monoisotopic (exact) mass is 213 g/mol. The summed E-state index contributed by atoms with van der Waals surface area (Å²) in [7, 11) is 0. The second-order valence-electron chi connectivity index (χ2n) is 5.69. The Balaban J connectivity index is 2.21. The van der Waals surface area contributed by atoms with Crippen LogP contribution in [0.4, 0.5) is 0 Å². The zero-order valence-corrected chi connectivity index (χ0v) is 10.2. The maximum absolute atomic E-state index is 8.91. The molecule has 0 saturated heterocycles. The van der Waals surface area contributed by atoms with Crippen LogP contribution in [0.1, 0.15) is 56.6 Å². The van der Waals surface area contributed by atoms with Crippen molar-refractivity contribution in [3.05, 3.63) is 35.4 Å². The number of nitriles is 1. The highest BCUT2D eigenvalue weighted by Crippen LogP contribution is 2.43. The number of benzene rings is 1. The predicted molar refractivity (Wildman–Crippen MR) is 66.1 cm³/mol. The van der Waals surface area contributed by atoms with Gasteiger partial charge in [-0.3, -0.25) is 0 Å². The van der Waals surface area contributed by atoms with E-state index in [1.165, 1.54) is 31.2 Å². The Bertz CT molecular complexity index is 412. The van der Waals surface area contributed by atoms with Gasteiger partial charge in [-0.2, -0.15) is 5.26 Å². The summed E-state index contributed by atoms with van der Waals surface area (Å²) in [6, 6.07) is 10.4. The fraction of sp³-hybridized carbons (Fsp3) is 0.533. The molecule has 1 fully saturated rings. The summed E-state index contributed by atoms with van der Waals surface area (Å²) in [4.78, 5) is 0. The highest BCUT2D eigenvalue weighted by Gasteiger charge is 2.28. The van der Waals surface area contributed by atoms with E-state index in [-0.39, 0.29) is 0 Å². The Kier molecular flexibility index (Phi) is 3.01. The molecule has 1 saturated carbocycles. The zero-order chi connectivity index (χ0) is 11.6. The first kappa shape index (κ1) is 11.2. The first-order valence-electron chi connectivity index (χ1n) is 6.11. The Morgan fingerprint density at radius 3 is 2.88 bits per heavy atom. The van der Waals surface area contributed by atoms with Gasteiger partial charge in [0.25, 0.3) is 0 Å². The van der Waals surface area contributed by atoms with Gasteiger partial charge in [0.15, 0.2) is 0 Å². The van der Waals surface area contributed by atoms with Gasteiger partial charge in [-0.1, -0.05) is 32.4 Å². The maximum Gasteiger partial charge on any atom is 0.0991 e. The van der Waals surface area contributed by atoms with Crippen LogP contribution in [0.3, 0.4) is 0 Å². The standard InChI is InChI=1S/C15H19N/c1-15(2)8-4-7-14(10-15)13-6-3-5-12(9-13)11-16/h3,5-6,9,14H,4,7-8,10H2,1-2H3.